The van der Waals surface area contributed by atoms with Gasteiger partial charge in [-0.1, -0.05) is 0 Å². The van der Waals surface area contributed by atoms with E-state index >= 15 is 0 Å². The molecule has 0 rings (SSSR count). The number of urea groups is 1. The first-order valence-electron chi connectivity index (χ1n) is 1.76. The van der Waals surface area contributed by atoms with Gasteiger partial charge in [-0.25, -0.2) is 9.63 Å². The molecule has 0 saturated carbocycles. The van der Waals surface area contributed by atoms with Crippen molar-refractivity contribution in [2.45, 2.75) is 0 Å². The molecule has 0 aliphatic heterocycles. The van der Waals surface area contributed by atoms with E-state index in [0.717, 1.165) is 0 Å². The van der Waals surface area contributed by atoms with Crippen LogP contribution in [0.15, 0.2) is 0 Å². The second-order valence-electron chi connectivity index (χ2n) is 1.29. The first-order valence-corrected chi connectivity index (χ1v) is 2.14. The Morgan fingerprint density at radius 3 is 2.14 bits per heavy atom. The molecule has 0 aromatic carbocycles. The highest BCUT2D eigenvalue weighted by molar-refractivity contribution is 6.21. The second kappa shape index (κ2) is 2.69. The van der Waals surface area contributed by atoms with E-state index in [0.29, 0.717) is 0 Å². The van der Waals surface area contributed by atoms with Crippen LogP contribution < -0.4 is 4.84 Å². The molecule has 0 saturated heterocycles. The summed E-state index contributed by atoms with van der Waals surface area (Å²) in [7, 11) is 3.22. The lowest BCUT2D eigenvalue weighted by Gasteiger charge is -2.05. The van der Waals surface area contributed by atoms with Crippen molar-refractivity contribution in [2.24, 2.45) is 0 Å². The van der Waals surface area contributed by atoms with Crippen LogP contribution in [0.25, 0.3) is 0 Å². The number of rotatable bonds is 0. The van der Waals surface area contributed by atoms with Crippen LogP contribution in [-0.2, 0) is 0 Å². The van der Waals surface area contributed by atoms with Gasteiger partial charge in [-0.05, 0) is 0 Å². The van der Waals surface area contributed by atoms with Crippen molar-refractivity contribution in [2.75, 3.05) is 14.1 Å². The molecule has 0 aromatic heterocycles. The highest BCUT2D eigenvalue weighted by Crippen LogP contribution is 1.75. The van der Waals surface area contributed by atoms with Crippen molar-refractivity contribution < 1.29 is 4.79 Å². The van der Waals surface area contributed by atoms with Crippen LogP contribution in [0.2, 0.25) is 0 Å². The number of nitrogens with one attached hydrogen (secondary N) is 1. The number of nitrogens with zero attached hydrogens (tertiary/aromatic N) is 1. The van der Waals surface area contributed by atoms with Crippen LogP contribution >= 0.6 is 11.8 Å². The van der Waals surface area contributed by atoms with Crippen molar-refractivity contribution in [3.05, 3.63) is 0 Å². The summed E-state index contributed by atoms with van der Waals surface area (Å²) in [6.45, 7) is 0. The SMILES string of the molecule is CN(C)C(=O)NCl. The van der Waals surface area contributed by atoms with Crippen LogP contribution in [0.1, 0.15) is 0 Å². The molecule has 0 aliphatic carbocycles. The van der Waals surface area contributed by atoms with Gasteiger partial charge in [0.1, 0.15) is 0 Å². The minimum atomic E-state index is -0.304. The monoisotopic (exact) mass is 122 g/mol. The van der Waals surface area contributed by atoms with Gasteiger partial charge in [-0.2, -0.15) is 0 Å². The first kappa shape index (κ1) is 6.56. The summed E-state index contributed by atoms with van der Waals surface area (Å²) in [5.74, 6) is 0. The molecule has 0 radical (unpaired) electrons. The zero-order valence-corrected chi connectivity index (χ0v) is 4.99. The number of amides is 2. The van der Waals surface area contributed by atoms with Crippen LogP contribution in [0.3, 0.4) is 0 Å². The largest absolute Gasteiger partial charge is 0.331 e. The average Bonchev–Trinajstić information content (AvgIpc) is 1.65. The topological polar surface area (TPSA) is 32.3 Å². The van der Waals surface area contributed by atoms with E-state index in [1.54, 1.807) is 14.1 Å². The Hall–Kier alpha value is -0.440. The minimum absolute atomic E-state index is 0.304. The molecule has 0 bridgehead atoms. The maximum atomic E-state index is 10.2. The van der Waals surface area contributed by atoms with E-state index in [9.17, 15) is 4.79 Å². The fourth-order valence-corrected chi connectivity index (χ4v) is 0.254. The Bertz CT molecular complexity index is 73.3. The Balaban J connectivity index is 3.35. The van der Waals surface area contributed by atoms with Gasteiger partial charge in [0, 0.05) is 25.9 Å². The summed E-state index contributed by atoms with van der Waals surface area (Å²) in [6, 6.07) is -0.304. The average molecular weight is 123 g/mol. The van der Waals surface area contributed by atoms with Gasteiger partial charge in [-0.3, -0.25) is 0 Å². The lowest BCUT2D eigenvalue weighted by molar-refractivity contribution is 0.223. The predicted octanol–water partition coefficient (Wildman–Crippen LogP) is 0.411. The molecular weight excluding hydrogens is 115 g/mol. The van der Waals surface area contributed by atoms with E-state index in [-0.39, 0.29) is 6.03 Å². The van der Waals surface area contributed by atoms with Crippen molar-refractivity contribution in [3.8, 4) is 0 Å². The van der Waals surface area contributed by atoms with Gasteiger partial charge < -0.3 is 4.90 Å². The third-order valence-corrected chi connectivity index (χ3v) is 0.649. The Kier molecular flexibility index (Phi) is 2.52. The lowest BCUT2D eigenvalue weighted by atomic mass is 10.9. The maximum Gasteiger partial charge on any atom is 0.331 e. The maximum absolute atomic E-state index is 10.2. The summed E-state index contributed by atoms with van der Waals surface area (Å²) in [4.78, 5) is 13.5. The van der Waals surface area contributed by atoms with Crippen LogP contribution in [0.4, 0.5) is 4.79 Å². The molecule has 0 atom stereocenters. The van der Waals surface area contributed by atoms with Crippen molar-refractivity contribution in [1.29, 1.82) is 0 Å². The molecule has 3 nitrogen and oxygen atoms in total. The Morgan fingerprint density at radius 1 is 1.71 bits per heavy atom. The number of hydrogen-bond donors (Lipinski definition) is 1. The fourth-order valence-electron chi connectivity index (χ4n) is 0.0845. The van der Waals surface area contributed by atoms with Crippen molar-refractivity contribution in [3.63, 3.8) is 0 Å². The smallest absolute Gasteiger partial charge is 0.330 e. The van der Waals surface area contributed by atoms with E-state index in [1.807, 2.05) is 4.84 Å². The molecular formula is C3H7ClN2O. The van der Waals surface area contributed by atoms with Crippen LogP contribution in [0, 0.1) is 0 Å². The third kappa shape index (κ3) is 2.28. The van der Waals surface area contributed by atoms with Gasteiger partial charge in [0.25, 0.3) is 0 Å². The fraction of sp³-hybridized carbons (Fsp3) is 0.667. The predicted molar refractivity (Wildman–Crippen MR) is 28.1 cm³/mol. The lowest BCUT2D eigenvalue weighted by Crippen LogP contribution is -2.28. The quantitative estimate of drug-likeness (QED) is 0.464. The number of halogens is 1. The molecule has 42 valence electrons. The van der Waals surface area contributed by atoms with E-state index in [4.69, 9.17) is 11.8 Å². The van der Waals surface area contributed by atoms with Crippen molar-refractivity contribution in [1.82, 2.24) is 9.74 Å². The standard InChI is InChI=1S/C3H7ClN2O/c1-6(2)3(7)5-4/h1-2H3,(H,5,7). The number of hydrogen-bond acceptors (Lipinski definition) is 1. The zero-order valence-electron chi connectivity index (χ0n) is 4.23. The summed E-state index contributed by atoms with van der Waals surface area (Å²) >= 11 is 4.91. The van der Waals surface area contributed by atoms with Gasteiger partial charge in [0.15, 0.2) is 0 Å². The number of carbonyl (C=O) groups excluding carboxylic acids is 1. The highest BCUT2D eigenvalue weighted by Gasteiger charge is 1.95. The Labute approximate surface area is 47.4 Å². The molecule has 0 spiro atoms. The highest BCUT2D eigenvalue weighted by atomic mass is 35.5. The van der Waals surface area contributed by atoms with Gasteiger partial charge in [-0.15, -0.1) is 0 Å². The molecule has 0 heterocycles. The van der Waals surface area contributed by atoms with Gasteiger partial charge in [0.05, 0.1) is 0 Å². The van der Waals surface area contributed by atoms with Gasteiger partial charge in [0.2, 0.25) is 0 Å². The molecule has 4 heteroatoms. The summed E-state index contributed by atoms with van der Waals surface area (Å²) in [6.07, 6.45) is 0. The number of carbonyl (C=O) groups is 1. The first-order chi connectivity index (χ1) is 3.18. The molecule has 7 heavy (non-hydrogen) atoms. The Morgan fingerprint density at radius 2 is 2.14 bits per heavy atom. The minimum Gasteiger partial charge on any atom is -0.330 e. The second-order valence-corrected chi connectivity index (χ2v) is 1.48. The summed E-state index contributed by atoms with van der Waals surface area (Å²) < 4.78 is 0. The van der Waals surface area contributed by atoms with Crippen molar-refractivity contribution >= 4 is 17.8 Å². The van der Waals surface area contributed by atoms with Gasteiger partial charge >= 0.3 is 6.03 Å². The van der Waals surface area contributed by atoms with Crippen LogP contribution in [0.5, 0.6) is 0 Å². The van der Waals surface area contributed by atoms with E-state index in [2.05, 4.69) is 0 Å². The van der Waals surface area contributed by atoms with E-state index in [1.165, 1.54) is 4.90 Å². The third-order valence-electron chi connectivity index (χ3n) is 0.487. The molecule has 0 fully saturated rings. The molecule has 0 aliphatic rings. The molecule has 1 N–H and O–H groups in total. The summed E-state index contributed by atoms with van der Waals surface area (Å²) in [5, 5.41) is 0. The molecule has 0 aromatic rings. The summed E-state index contributed by atoms with van der Waals surface area (Å²) in [5.41, 5.74) is 0. The zero-order chi connectivity index (χ0) is 5.86. The normalized spacial score (nSPS) is 7.86. The molecule has 2 amide bonds. The van der Waals surface area contributed by atoms with Crippen LogP contribution in [-0.4, -0.2) is 25.0 Å². The molecule has 0 unspecified atom stereocenters. The van der Waals surface area contributed by atoms with E-state index < -0.39 is 0 Å².